The molecular weight excluding hydrogens is 304 g/mol. The fourth-order valence-electron chi connectivity index (χ4n) is 2.37. The fraction of sp³-hybridized carbons (Fsp3) is 0.750. The van der Waals surface area contributed by atoms with Crippen molar-refractivity contribution < 1.29 is 33.3 Å². The standard InChI is InChI=1S/C16H26O7/c1-6-22-16(10-19-5)7-8-20-13(16)9-21-15(18)12(4)23-14(17)11(2)3/h12-13H,2,6-10H2,1,3-5H3. The van der Waals surface area contributed by atoms with Crippen LogP contribution >= 0.6 is 0 Å². The van der Waals surface area contributed by atoms with Crippen molar-refractivity contribution in [1.29, 1.82) is 0 Å². The van der Waals surface area contributed by atoms with Crippen molar-refractivity contribution in [2.45, 2.75) is 45.0 Å². The highest BCUT2D eigenvalue weighted by Crippen LogP contribution is 2.30. The highest BCUT2D eigenvalue weighted by molar-refractivity contribution is 5.89. The molecular formula is C16H26O7. The highest BCUT2D eigenvalue weighted by Gasteiger charge is 2.46. The molecule has 0 saturated carbocycles. The average molecular weight is 330 g/mol. The summed E-state index contributed by atoms with van der Waals surface area (Å²) in [4.78, 5) is 23.3. The van der Waals surface area contributed by atoms with Gasteiger partial charge in [-0.2, -0.15) is 0 Å². The Morgan fingerprint density at radius 2 is 2.13 bits per heavy atom. The molecule has 3 atom stereocenters. The van der Waals surface area contributed by atoms with Crippen LogP contribution in [0.25, 0.3) is 0 Å². The molecule has 0 bridgehead atoms. The van der Waals surface area contributed by atoms with Gasteiger partial charge in [0.1, 0.15) is 18.3 Å². The second-order valence-corrected chi connectivity index (χ2v) is 5.50. The minimum atomic E-state index is -1.01. The van der Waals surface area contributed by atoms with E-state index in [1.165, 1.54) is 13.8 Å². The lowest BCUT2D eigenvalue weighted by molar-refractivity contribution is -0.173. The Morgan fingerprint density at radius 1 is 1.43 bits per heavy atom. The minimum absolute atomic E-state index is 0.0111. The molecule has 0 amide bonds. The Bertz CT molecular complexity index is 426. The van der Waals surface area contributed by atoms with Crippen molar-refractivity contribution in [3.05, 3.63) is 12.2 Å². The van der Waals surface area contributed by atoms with Gasteiger partial charge in [-0.1, -0.05) is 6.58 Å². The number of carbonyl (C=O) groups is 2. The zero-order chi connectivity index (χ0) is 17.5. The molecule has 0 N–H and O–H groups in total. The van der Waals surface area contributed by atoms with Gasteiger partial charge < -0.3 is 23.7 Å². The molecule has 1 rings (SSSR count). The van der Waals surface area contributed by atoms with Crippen LogP contribution in [-0.4, -0.2) is 63.3 Å². The van der Waals surface area contributed by atoms with Crippen LogP contribution in [0.3, 0.4) is 0 Å². The van der Waals surface area contributed by atoms with E-state index in [1.807, 2.05) is 6.92 Å². The Labute approximate surface area is 136 Å². The molecule has 0 aromatic heterocycles. The quantitative estimate of drug-likeness (QED) is 0.465. The largest absolute Gasteiger partial charge is 0.460 e. The molecule has 0 aromatic rings. The summed E-state index contributed by atoms with van der Waals surface area (Å²) in [6, 6.07) is 0. The van der Waals surface area contributed by atoms with E-state index in [9.17, 15) is 9.59 Å². The van der Waals surface area contributed by atoms with Crippen LogP contribution < -0.4 is 0 Å². The summed E-state index contributed by atoms with van der Waals surface area (Å²) in [5, 5.41) is 0. The molecule has 1 heterocycles. The lowest BCUT2D eigenvalue weighted by Crippen LogP contribution is -2.48. The molecule has 1 fully saturated rings. The van der Waals surface area contributed by atoms with Gasteiger partial charge in [-0.25, -0.2) is 9.59 Å². The van der Waals surface area contributed by atoms with E-state index in [2.05, 4.69) is 6.58 Å². The van der Waals surface area contributed by atoms with Crippen molar-refractivity contribution in [1.82, 2.24) is 0 Å². The van der Waals surface area contributed by atoms with Crippen LogP contribution in [0, 0.1) is 0 Å². The van der Waals surface area contributed by atoms with Crippen LogP contribution in [0.5, 0.6) is 0 Å². The zero-order valence-electron chi connectivity index (χ0n) is 14.3. The lowest BCUT2D eigenvalue weighted by Gasteiger charge is -2.32. The molecule has 132 valence electrons. The van der Waals surface area contributed by atoms with Crippen LogP contribution in [0.2, 0.25) is 0 Å². The Morgan fingerprint density at radius 3 is 2.70 bits per heavy atom. The maximum absolute atomic E-state index is 11.9. The third kappa shape index (κ3) is 5.30. The van der Waals surface area contributed by atoms with Gasteiger partial charge in [0.15, 0.2) is 6.10 Å². The molecule has 0 spiro atoms. The normalized spacial score (nSPS) is 25.0. The molecule has 3 unspecified atom stereocenters. The third-order valence-electron chi connectivity index (χ3n) is 3.59. The van der Waals surface area contributed by atoms with E-state index in [1.54, 1.807) is 7.11 Å². The molecule has 1 aliphatic rings. The number of hydrogen-bond donors (Lipinski definition) is 0. The van der Waals surface area contributed by atoms with Gasteiger partial charge in [0.2, 0.25) is 0 Å². The first-order chi connectivity index (χ1) is 10.9. The predicted molar refractivity (Wildman–Crippen MR) is 81.9 cm³/mol. The SMILES string of the molecule is C=C(C)C(=O)OC(C)C(=O)OCC1OCCC1(COC)OCC. The first-order valence-corrected chi connectivity index (χ1v) is 7.64. The number of esters is 2. The molecule has 0 radical (unpaired) electrons. The second-order valence-electron chi connectivity index (χ2n) is 5.50. The van der Waals surface area contributed by atoms with Gasteiger partial charge >= 0.3 is 11.9 Å². The van der Waals surface area contributed by atoms with E-state index >= 15 is 0 Å². The van der Waals surface area contributed by atoms with Crippen LogP contribution in [0.1, 0.15) is 27.2 Å². The molecule has 1 aliphatic heterocycles. The van der Waals surface area contributed by atoms with Crippen molar-refractivity contribution in [3.63, 3.8) is 0 Å². The van der Waals surface area contributed by atoms with E-state index in [0.29, 0.717) is 26.2 Å². The Kier molecular flexibility index (Phi) is 7.67. The Hall–Kier alpha value is -1.44. The maximum atomic E-state index is 11.9. The van der Waals surface area contributed by atoms with Crippen molar-refractivity contribution in [2.24, 2.45) is 0 Å². The summed E-state index contributed by atoms with van der Waals surface area (Å²) in [6.45, 7) is 9.67. The van der Waals surface area contributed by atoms with Gasteiger partial charge in [-0.3, -0.25) is 0 Å². The third-order valence-corrected chi connectivity index (χ3v) is 3.59. The molecule has 7 nitrogen and oxygen atoms in total. The van der Waals surface area contributed by atoms with Crippen LogP contribution in [0.15, 0.2) is 12.2 Å². The zero-order valence-corrected chi connectivity index (χ0v) is 14.3. The predicted octanol–water partition coefficient (Wildman–Crippen LogP) is 1.25. The van der Waals surface area contributed by atoms with Gasteiger partial charge in [0.05, 0.1) is 13.2 Å². The molecule has 0 aromatic carbocycles. The van der Waals surface area contributed by atoms with Crippen molar-refractivity contribution in [3.8, 4) is 0 Å². The van der Waals surface area contributed by atoms with Crippen molar-refractivity contribution in [2.75, 3.05) is 33.5 Å². The number of methoxy groups -OCH3 is 1. The van der Waals surface area contributed by atoms with Gasteiger partial charge in [0.25, 0.3) is 0 Å². The molecule has 1 saturated heterocycles. The summed E-state index contributed by atoms with van der Waals surface area (Å²) < 4.78 is 26.8. The number of carbonyl (C=O) groups excluding carboxylic acids is 2. The van der Waals surface area contributed by atoms with Crippen LogP contribution in [-0.2, 0) is 33.3 Å². The number of ether oxygens (including phenoxy) is 5. The van der Waals surface area contributed by atoms with Gasteiger partial charge in [0, 0.05) is 25.7 Å². The average Bonchev–Trinajstić information content (AvgIpc) is 2.87. The first kappa shape index (κ1) is 19.6. The lowest BCUT2D eigenvalue weighted by atomic mass is 9.96. The smallest absolute Gasteiger partial charge is 0.347 e. The summed E-state index contributed by atoms with van der Waals surface area (Å²) in [7, 11) is 1.58. The molecule has 23 heavy (non-hydrogen) atoms. The number of hydrogen-bond acceptors (Lipinski definition) is 7. The second kappa shape index (κ2) is 9.00. The number of rotatable bonds is 9. The summed E-state index contributed by atoms with van der Waals surface area (Å²) in [6.07, 6.45) is -0.767. The van der Waals surface area contributed by atoms with Crippen LogP contribution in [0.4, 0.5) is 0 Å². The summed E-state index contributed by atoms with van der Waals surface area (Å²) in [5.74, 6) is -1.27. The summed E-state index contributed by atoms with van der Waals surface area (Å²) in [5.41, 5.74) is -0.402. The van der Waals surface area contributed by atoms with Gasteiger partial charge in [-0.05, 0) is 20.8 Å². The van der Waals surface area contributed by atoms with E-state index in [0.717, 1.165) is 0 Å². The van der Waals surface area contributed by atoms with E-state index < -0.39 is 29.7 Å². The van der Waals surface area contributed by atoms with E-state index in [-0.39, 0.29) is 12.2 Å². The van der Waals surface area contributed by atoms with Crippen molar-refractivity contribution >= 4 is 11.9 Å². The first-order valence-electron chi connectivity index (χ1n) is 7.64. The molecule has 7 heteroatoms. The Balaban J connectivity index is 2.56. The monoisotopic (exact) mass is 330 g/mol. The maximum Gasteiger partial charge on any atom is 0.347 e. The summed E-state index contributed by atoms with van der Waals surface area (Å²) >= 11 is 0. The minimum Gasteiger partial charge on any atom is -0.460 e. The highest BCUT2D eigenvalue weighted by atomic mass is 16.6. The fourth-order valence-corrected chi connectivity index (χ4v) is 2.37. The molecule has 0 aliphatic carbocycles. The van der Waals surface area contributed by atoms with E-state index in [4.69, 9.17) is 23.7 Å². The topological polar surface area (TPSA) is 80.3 Å². The van der Waals surface area contributed by atoms with Gasteiger partial charge in [-0.15, -0.1) is 0 Å².